The van der Waals surface area contributed by atoms with Gasteiger partial charge in [0.15, 0.2) is 23.2 Å². The van der Waals surface area contributed by atoms with Crippen LogP contribution >= 0.6 is 0 Å². The number of anilines is 1. The van der Waals surface area contributed by atoms with Crippen molar-refractivity contribution in [2.24, 2.45) is 5.92 Å². The summed E-state index contributed by atoms with van der Waals surface area (Å²) in [5.41, 5.74) is 0.963. The fourth-order valence-corrected chi connectivity index (χ4v) is 2.76. The van der Waals surface area contributed by atoms with Gasteiger partial charge in [0.2, 0.25) is 5.82 Å². The maximum atomic E-state index is 11.3. The zero-order valence-electron chi connectivity index (χ0n) is 15.7. The van der Waals surface area contributed by atoms with Gasteiger partial charge in [-0.25, -0.2) is 15.0 Å². The van der Waals surface area contributed by atoms with E-state index in [9.17, 15) is 20.1 Å². The van der Waals surface area contributed by atoms with Crippen molar-refractivity contribution in [3.63, 3.8) is 0 Å². The van der Waals surface area contributed by atoms with Crippen LogP contribution in [0.1, 0.15) is 31.1 Å². The highest BCUT2D eigenvalue weighted by molar-refractivity contribution is 5.83. The van der Waals surface area contributed by atoms with E-state index in [4.69, 9.17) is 0 Å². The maximum absolute atomic E-state index is 11.3. The number of hydrogen-bond acceptors (Lipinski definition) is 9. The lowest BCUT2D eigenvalue weighted by atomic mass is 9.98. The van der Waals surface area contributed by atoms with Gasteiger partial charge in [0.25, 0.3) is 0 Å². The maximum Gasteiger partial charge on any atom is 0.309 e. The first-order chi connectivity index (χ1) is 14.0. The van der Waals surface area contributed by atoms with Crippen molar-refractivity contribution >= 4 is 23.0 Å². The molecule has 0 amide bonds. The molecule has 3 heterocycles. The zero-order chi connectivity index (χ0) is 21.0. The Bertz CT molecular complexity index is 1070. The SMILES string of the molecule is CC[C@H](C(=O)O)[C@@H](O)[C@@H](O)n1cnc2c(NC)nc(C#Cc3cccnn3)nc21. The number of fused-ring (bicyclic) bond motifs is 1. The molecule has 0 unspecified atom stereocenters. The number of aliphatic carboxylic acids is 1. The Morgan fingerprint density at radius 3 is 2.72 bits per heavy atom. The summed E-state index contributed by atoms with van der Waals surface area (Å²) in [6, 6.07) is 3.37. The van der Waals surface area contributed by atoms with Crippen LogP contribution in [0.25, 0.3) is 11.2 Å². The molecule has 0 spiro atoms. The summed E-state index contributed by atoms with van der Waals surface area (Å²) in [4.78, 5) is 24.1. The Kier molecular flexibility index (Phi) is 5.96. The Balaban J connectivity index is 2.04. The summed E-state index contributed by atoms with van der Waals surface area (Å²) in [5.74, 6) is 3.70. The fraction of sp³-hybridized carbons (Fsp3) is 0.333. The lowest BCUT2D eigenvalue weighted by Gasteiger charge is -2.23. The van der Waals surface area contributed by atoms with Crippen molar-refractivity contribution in [3.8, 4) is 11.8 Å². The van der Waals surface area contributed by atoms with Crippen LogP contribution in [-0.2, 0) is 4.79 Å². The third kappa shape index (κ3) is 4.13. The van der Waals surface area contributed by atoms with E-state index in [-0.39, 0.29) is 17.9 Å². The predicted octanol–water partition coefficient (Wildman–Crippen LogP) is 0.0204. The quantitative estimate of drug-likeness (QED) is 0.418. The summed E-state index contributed by atoms with van der Waals surface area (Å²) in [5, 5.41) is 40.6. The molecule has 0 bridgehead atoms. The van der Waals surface area contributed by atoms with Gasteiger partial charge in [0.05, 0.1) is 12.2 Å². The topological polar surface area (TPSA) is 159 Å². The van der Waals surface area contributed by atoms with E-state index in [1.807, 2.05) is 0 Å². The molecule has 3 aromatic heterocycles. The van der Waals surface area contributed by atoms with Crippen molar-refractivity contribution in [3.05, 3.63) is 36.2 Å². The van der Waals surface area contributed by atoms with Gasteiger partial charge < -0.3 is 20.6 Å². The second-order valence-electron chi connectivity index (χ2n) is 6.09. The molecule has 0 saturated heterocycles. The van der Waals surface area contributed by atoms with Crippen molar-refractivity contribution in [1.29, 1.82) is 0 Å². The van der Waals surface area contributed by atoms with Crippen molar-refractivity contribution in [2.75, 3.05) is 12.4 Å². The van der Waals surface area contributed by atoms with Gasteiger partial charge in [-0.2, -0.15) is 5.10 Å². The molecular formula is C18H19N7O4. The number of rotatable bonds is 6. The Hall–Kier alpha value is -3.62. The van der Waals surface area contributed by atoms with Gasteiger partial charge >= 0.3 is 5.97 Å². The molecular weight excluding hydrogens is 378 g/mol. The lowest BCUT2D eigenvalue weighted by molar-refractivity contribution is -0.152. The van der Waals surface area contributed by atoms with Gasteiger partial charge in [-0.3, -0.25) is 9.36 Å². The molecule has 29 heavy (non-hydrogen) atoms. The number of nitrogens with one attached hydrogen (secondary N) is 1. The predicted molar refractivity (Wildman–Crippen MR) is 102 cm³/mol. The molecule has 11 heteroatoms. The van der Waals surface area contributed by atoms with Gasteiger partial charge in [-0.05, 0) is 30.4 Å². The van der Waals surface area contributed by atoms with Crippen molar-refractivity contribution in [1.82, 2.24) is 29.7 Å². The van der Waals surface area contributed by atoms with Gasteiger partial charge in [0.1, 0.15) is 11.8 Å². The van der Waals surface area contributed by atoms with Crippen LogP contribution in [0.5, 0.6) is 0 Å². The molecule has 11 nitrogen and oxygen atoms in total. The van der Waals surface area contributed by atoms with E-state index in [1.165, 1.54) is 17.1 Å². The number of carbonyl (C=O) groups is 1. The minimum Gasteiger partial charge on any atom is -0.481 e. The first-order valence-corrected chi connectivity index (χ1v) is 8.77. The molecule has 4 N–H and O–H groups in total. The van der Waals surface area contributed by atoms with E-state index in [1.54, 1.807) is 26.1 Å². The highest BCUT2D eigenvalue weighted by atomic mass is 16.4. The van der Waals surface area contributed by atoms with Crippen LogP contribution in [0.4, 0.5) is 5.82 Å². The first kappa shape index (κ1) is 20.1. The highest BCUT2D eigenvalue weighted by Gasteiger charge is 2.32. The number of carboxylic acid groups (broad SMARTS) is 1. The number of imidazole rings is 1. The van der Waals surface area contributed by atoms with Crippen molar-refractivity contribution in [2.45, 2.75) is 25.7 Å². The lowest BCUT2D eigenvalue weighted by Crippen LogP contribution is -2.35. The standard InChI is InChI=1S/C18H19N7O4/c1-3-11(18(28)29)14(26)17(27)25-9-20-13-15(19-2)22-12(23-16(13)25)7-6-10-5-4-8-21-24-10/h4-5,8-9,11,14,17,26-27H,3H2,1-2H3,(H,28,29)(H,19,22,23)/t11-,14+,17+/m0/s1. The summed E-state index contributed by atoms with van der Waals surface area (Å²) >= 11 is 0. The van der Waals surface area contributed by atoms with Crippen LogP contribution in [0.2, 0.25) is 0 Å². The molecule has 0 radical (unpaired) electrons. The van der Waals surface area contributed by atoms with E-state index in [2.05, 4.69) is 42.3 Å². The van der Waals surface area contributed by atoms with E-state index in [0.717, 1.165) is 0 Å². The second kappa shape index (κ2) is 8.59. The van der Waals surface area contributed by atoms with Crippen LogP contribution in [0.3, 0.4) is 0 Å². The van der Waals surface area contributed by atoms with Gasteiger partial charge in [-0.15, -0.1) is 5.10 Å². The first-order valence-electron chi connectivity index (χ1n) is 8.77. The number of hydrogen-bond donors (Lipinski definition) is 4. The summed E-state index contributed by atoms with van der Waals surface area (Å²) in [7, 11) is 1.64. The molecule has 3 aromatic rings. The number of aliphatic hydroxyl groups is 2. The number of aromatic nitrogens is 6. The summed E-state index contributed by atoms with van der Waals surface area (Å²) in [6.45, 7) is 1.61. The molecule has 0 fully saturated rings. The Morgan fingerprint density at radius 2 is 2.10 bits per heavy atom. The van der Waals surface area contributed by atoms with Gasteiger partial charge in [0, 0.05) is 13.2 Å². The molecule has 0 aliphatic heterocycles. The van der Waals surface area contributed by atoms with Crippen LogP contribution < -0.4 is 5.32 Å². The summed E-state index contributed by atoms with van der Waals surface area (Å²) < 4.78 is 1.20. The molecule has 0 aliphatic carbocycles. The van der Waals surface area contributed by atoms with Gasteiger partial charge in [-0.1, -0.05) is 6.92 Å². The monoisotopic (exact) mass is 397 g/mol. The number of aliphatic hydroxyl groups excluding tert-OH is 2. The van der Waals surface area contributed by atoms with Crippen molar-refractivity contribution < 1.29 is 20.1 Å². The minimum atomic E-state index is -1.57. The Morgan fingerprint density at radius 1 is 1.31 bits per heavy atom. The summed E-state index contributed by atoms with van der Waals surface area (Å²) in [6.07, 6.45) is -0.189. The third-order valence-corrected chi connectivity index (χ3v) is 4.29. The molecule has 0 aromatic carbocycles. The molecule has 150 valence electrons. The zero-order valence-corrected chi connectivity index (χ0v) is 15.7. The van der Waals surface area contributed by atoms with E-state index in [0.29, 0.717) is 17.0 Å². The molecule has 0 saturated carbocycles. The van der Waals surface area contributed by atoms with Crippen LogP contribution in [0, 0.1) is 17.8 Å². The minimum absolute atomic E-state index is 0.126. The average Bonchev–Trinajstić information content (AvgIpc) is 3.16. The average molecular weight is 397 g/mol. The largest absolute Gasteiger partial charge is 0.481 e. The molecule has 0 aliphatic rings. The van der Waals surface area contributed by atoms with Crippen LogP contribution in [-0.4, -0.2) is 64.2 Å². The fourth-order valence-electron chi connectivity index (χ4n) is 2.76. The van der Waals surface area contributed by atoms with Crippen LogP contribution in [0.15, 0.2) is 24.7 Å². The smallest absolute Gasteiger partial charge is 0.309 e. The third-order valence-electron chi connectivity index (χ3n) is 4.29. The second-order valence-corrected chi connectivity index (χ2v) is 6.09. The normalized spacial score (nSPS) is 13.9. The Labute approximate surface area is 165 Å². The highest BCUT2D eigenvalue weighted by Crippen LogP contribution is 2.25. The van der Waals surface area contributed by atoms with E-state index >= 15 is 0 Å². The number of nitrogens with zero attached hydrogens (tertiary/aromatic N) is 6. The van der Waals surface area contributed by atoms with E-state index < -0.39 is 24.2 Å². The molecule has 3 rings (SSSR count). The number of carboxylic acids is 1. The molecule has 3 atom stereocenters.